The van der Waals surface area contributed by atoms with Crippen molar-refractivity contribution in [3.8, 4) is 11.5 Å². The summed E-state index contributed by atoms with van der Waals surface area (Å²) in [6, 6.07) is 11.6. The minimum atomic E-state index is -0.441. The van der Waals surface area contributed by atoms with Crippen LogP contribution in [0.5, 0.6) is 11.5 Å². The van der Waals surface area contributed by atoms with Gasteiger partial charge in [0.1, 0.15) is 11.5 Å². The molecular formula is C14H14N2O3. The number of benzene rings is 2. The minimum Gasteiger partial charge on any atom is -0.457 e. The van der Waals surface area contributed by atoms with Crippen LogP contribution in [0.15, 0.2) is 42.5 Å². The highest BCUT2D eigenvalue weighted by Gasteiger charge is 2.05. The summed E-state index contributed by atoms with van der Waals surface area (Å²) < 4.78 is 5.63. The summed E-state index contributed by atoms with van der Waals surface area (Å²) in [5, 5.41) is 10.5. The first-order valence-electron chi connectivity index (χ1n) is 5.82. The van der Waals surface area contributed by atoms with Gasteiger partial charge in [-0.25, -0.2) is 0 Å². The topological polar surface area (TPSA) is 78.4 Å². The zero-order chi connectivity index (χ0) is 13.8. The number of hydrogen-bond donors (Lipinski definition) is 1. The number of non-ortho nitro benzene ring substituents is 1. The van der Waals surface area contributed by atoms with Crippen LogP contribution < -0.4 is 10.5 Å². The molecule has 0 spiro atoms. The number of nitrogens with two attached hydrogens (primary N) is 1. The van der Waals surface area contributed by atoms with Gasteiger partial charge in [0.15, 0.2) is 0 Å². The van der Waals surface area contributed by atoms with Crippen molar-refractivity contribution in [1.82, 2.24) is 0 Å². The molecule has 0 bridgehead atoms. The Morgan fingerprint density at radius 3 is 2.32 bits per heavy atom. The summed E-state index contributed by atoms with van der Waals surface area (Å²) >= 11 is 0. The molecule has 0 amide bonds. The molecule has 2 aromatic rings. The lowest BCUT2D eigenvalue weighted by atomic mass is 10.1. The molecule has 5 nitrogen and oxygen atoms in total. The van der Waals surface area contributed by atoms with E-state index in [9.17, 15) is 10.1 Å². The van der Waals surface area contributed by atoms with Crippen LogP contribution in [0.3, 0.4) is 0 Å². The van der Waals surface area contributed by atoms with Gasteiger partial charge >= 0.3 is 0 Å². The van der Waals surface area contributed by atoms with Gasteiger partial charge in [-0.1, -0.05) is 6.07 Å². The van der Waals surface area contributed by atoms with Crippen LogP contribution in [0.1, 0.15) is 11.1 Å². The maximum Gasteiger partial charge on any atom is 0.269 e. The Labute approximate surface area is 110 Å². The third kappa shape index (κ3) is 3.08. The third-order valence-electron chi connectivity index (χ3n) is 2.82. The molecule has 19 heavy (non-hydrogen) atoms. The smallest absolute Gasteiger partial charge is 0.269 e. The standard InChI is InChI=1S/C14H14N2O3/c1-10-8-14(5-2-11(10)9-15)19-13-6-3-12(4-7-13)16(17)18/h2-8H,9,15H2,1H3. The summed E-state index contributed by atoms with van der Waals surface area (Å²) in [6.45, 7) is 2.45. The van der Waals surface area contributed by atoms with Gasteiger partial charge in [0.05, 0.1) is 4.92 Å². The van der Waals surface area contributed by atoms with E-state index in [2.05, 4.69) is 0 Å². The molecule has 0 aliphatic rings. The van der Waals surface area contributed by atoms with Crippen molar-refractivity contribution in [3.05, 3.63) is 63.7 Å². The van der Waals surface area contributed by atoms with E-state index in [1.54, 1.807) is 12.1 Å². The van der Waals surface area contributed by atoms with Crippen molar-refractivity contribution >= 4 is 5.69 Å². The van der Waals surface area contributed by atoms with Crippen LogP contribution in [0, 0.1) is 17.0 Å². The van der Waals surface area contributed by atoms with E-state index >= 15 is 0 Å². The van der Waals surface area contributed by atoms with Gasteiger partial charge in [-0.05, 0) is 42.3 Å². The second kappa shape index (κ2) is 5.49. The Kier molecular flexibility index (Phi) is 3.77. The van der Waals surface area contributed by atoms with Gasteiger partial charge in [0, 0.05) is 18.7 Å². The number of aryl methyl sites for hydroxylation is 1. The number of nitro groups is 1. The fourth-order valence-electron chi connectivity index (χ4n) is 1.73. The van der Waals surface area contributed by atoms with Gasteiger partial charge in [-0.15, -0.1) is 0 Å². The van der Waals surface area contributed by atoms with Gasteiger partial charge in [0.25, 0.3) is 5.69 Å². The van der Waals surface area contributed by atoms with E-state index in [1.165, 1.54) is 12.1 Å². The molecule has 0 fully saturated rings. The van der Waals surface area contributed by atoms with E-state index in [1.807, 2.05) is 25.1 Å². The Morgan fingerprint density at radius 1 is 1.16 bits per heavy atom. The number of nitro benzene ring substituents is 1. The lowest BCUT2D eigenvalue weighted by molar-refractivity contribution is -0.384. The fraction of sp³-hybridized carbons (Fsp3) is 0.143. The normalized spacial score (nSPS) is 10.2. The molecule has 0 aliphatic carbocycles. The third-order valence-corrected chi connectivity index (χ3v) is 2.82. The monoisotopic (exact) mass is 258 g/mol. The van der Waals surface area contributed by atoms with Crippen LogP contribution in [0.25, 0.3) is 0 Å². The predicted octanol–water partition coefficient (Wildman–Crippen LogP) is 3.15. The van der Waals surface area contributed by atoms with E-state index in [-0.39, 0.29) is 5.69 Å². The van der Waals surface area contributed by atoms with Crippen molar-refractivity contribution in [2.45, 2.75) is 13.5 Å². The first-order valence-corrected chi connectivity index (χ1v) is 5.82. The summed E-state index contributed by atoms with van der Waals surface area (Å²) in [5.41, 5.74) is 7.76. The highest BCUT2D eigenvalue weighted by molar-refractivity contribution is 5.40. The van der Waals surface area contributed by atoms with E-state index in [0.717, 1.165) is 11.1 Å². The molecule has 0 saturated heterocycles. The molecule has 0 heterocycles. The molecule has 5 heteroatoms. The average molecular weight is 258 g/mol. The van der Waals surface area contributed by atoms with Crippen LogP contribution >= 0.6 is 0 Å². The Hall–Kier alpha value is -2.40. The quantitative estimate of drug-likeness (QED) is 0.675. The Balaban J connectivity index is 2.16. The van der Waals surface area contributed by atoms with E-state index in [0.29, 0.717) is 18.0 Å². The van der Waals surface area contributed by atoms with Gasteiger partial charge in [-0.2, -0.15) is 0 Å². The molecule has 0 saturated carbocycles. The number of rotatable bonds is 4. The first kappa shape index (κ1) is 13.0. The predicted molar refractivity (Wildman–Crippen MR) is 72.2 cm³/mol. The molecule has 98 valence electrons. The molecule has 0 aliphatic heterocycles. The molecule has 2 N–H and O–H groups in total. The number of hydrogen-bond acceptors (Lipinski definition) is 4. The fourth-order valence-corrected chi connectivity index (χ4v) is 1.73. The number of ether oxygens (including phenoxy) is 1. The molecule has 0 radical (unpaired) electrons. The van der Waals surface area contributed by atoms with Gasteiger partial charge in [-0.3, -0.25) is 10.1 Å². The van der Waals surface area contributed by atoms with Crippen molar-refractivity contribution in [2.75, 3.05) is 0 Å². The van der Waals surface area contributed by atoms with Crippen molar-refractivity contribution in [2.24, 2.45) is 5.73 Å². The minimum absolute atomic E-state index is 0.0435. The van der Waals surface area contributed by atoms with E-state index < -0.39 is 4.92 Å². The maximum atomic E-state index is 10.5. The molecule has 0 unspecified atom stereocenters. The van der Waals surface area contributed by atoms with Crippen LogP contribution in [0.4, 0.5) is 5.69 Å². The second-order valence-corrected chi connectivity index (χ2v) is 4.15. The van der Waals surface area contributed by atoms with E-state index in [4.69, 9.17) is 10.5 Å². The molecule has 0 atom stereocenters. The van der Waals surface area contributed by atoms with Crippen LogP contribution in [0.2, 0.25) is 0 Å². The van der Waals surface area contributed by atoms with Crippen molar-refractivity contribution < 1.29 is 9.66 Å². The van der Waals surface area contributed by atoms with Crippen molar-refractivity contribution in [3.63, 3.8) is 0 Å². The molecule has 0 aromatic heterocycles. The lowest BCUT2D eigenvalue weighted by Crippen LogP contribution is -1.98. The first-order chi connectivity index (χ1) is 9.10. The molecule has 2 rings (SSSR count). The summed E-state index contributed by atoms with van der Waals surface area (Å²) in [4.78, 5) is 10.1. The van der Waals surface area contributed by atoms with Gasteiger partial charge < -0.3 is 10.5 Å². The zero-order valence-electron chi connectivity index (χ0n) is 10.5. The summed E-state index contributed by atoms with van der Waals surface area (Å²) in [7, 11) is 0. The van der Waals surface area contributed by atoms with Crippen LogP contribution in [-0.4, -0.2) is 4.92 Å². The average Bonchev–Trinajstić information content (AvgIpc) is 2.39. The molecular weight excluding hydrogens is 244 g/mol. The number of nitrogens with zero attached hydrogens (tertiary/aromatic N) is 1. The highest BCUT2D eigenvalue weighted by Crippen LogP contribution is 2.25. The largest absolute Gasteiger partial charge is 0.457 e. The zero-order valence-corrected chi connectivity index (χ0v) is 10.5. The second-order valence-electron chi connectivity index (χ2n) is 4.15. The SMILES string of the molecule is Cc1cc(Oc2ccc([N+](=O)[O-])cc2)ccc1CN. The summed E-state index contributed by atoms with van der Waals surface area (Å²) in [6.07, 6.45) is 0. The van der Waals surface area contributed by atoms with Crippen LogP contribution in [-0.2, 0) is 6.54 Å². The van der Waals surface area contributed by atoms with Crippen molar-refractivity contribution in [1.29, 1.82) is 0 Å². The Bertz CT molecular complexity index is 594. The maximum absolute atomic E-state index is 10.5. The summed E-state index contributed by atoms with van der Waals surface area (Å²) in [5.74, 6) is 1.24. The molecule has 2 aromatic carbocycles. The van der Waals surface area contributed by atoms with Gasteiger partial charge in [0.2, 0.25) is 0 Å². The highest BCUT2D eigenvalue weighted by atomic mass is 16.6. The Morgan fingerprint density at radius 2 is 1.79 bits per heavy atom. The lowest BCUT2D eigenvalue weighted by Gasteiger charge is -2.08.